The minimum Gasteiger partial charge on any atom is -0.464 e. The Hall–Kier alpha value is -2.28. The Morgan fingerprint density at radius 2 is 2.24 bits per heavy atom. The van der Waals surface area contributed by atoms with E-state index in [0.29, 0.717) is 5.69 Å². The normalized spacial score (nSPS) is 11.8. The lowest BCUT2D eigenvalue weighted by Crippen LogP contribution is -2.05. The molecule has 0 saturated carbocycles. The lowest BCUT2D eigenvalue weighted by Gasteiger charge is -2.12. The van der Waals surface area contributed by atoms with E-state index in [4.69, 9.17) is 9.68 Å². The highest BCUT2D eigenvalue weighted by Gasteiger charge is 2.09. The second-order valence-electron chi connectivity index (χ2n) is 3.86. The Kier molecular flexibility index (Phi) is 3.10. The van der Waals surface area contributed by atoms with Crippen molar-refractivity contribution in [1.82, 2.24) is 4.98 Å². The third kappa shape index (κ3) is 2.64. The number of furan rings is 1. The van der Waals surface area contributed by atoms with Crippen LogP contribution in [0.3, 0.4) is 0 Å². The number of aryl methyl sites for hydroxylation is 1. The molecule has 0 amide bonds. The van der Waals surface area contributed by atoms with Crippen LogP contribution >= 0.6 is 0 Å². The number of pyridine rings is 1. The Morgan fingerprint density at radius 3 is 2.88 bits per heavy atom. The van der Waals surface area contributed by atoms with Gasteiger partial charge in [-0.1, -0.05) is 0 Å². The number of nitrogens with zero attached hydrogens (tertiary/aromatic N) is 2. The van der Waals surface area contributed by atoms with E-state index in [1.807, 2.05) is 38.1 Å². The first kappa shape index (κ1) is 11.2. The van der Waals surface area contributed by atoms with Crippen LogP contribution in [0.25, 0.3) is 0 Å². The van der Waals surface area contributed by atoms with Crippen molar-refractivity contribution in [2.24, 2.45) is 0 Å². The largest absolute Gasteiger partial charge is 0.464 e. The Bertz CT molecular complexity index is 554. The number of hydrogen-bond donors (Lipinski definition) is 1. The summed E-state index contributed by atoms with van der Waals surface area (Å²) in [7, 11) is 0. The fraction of sp³-hybridized carbons (Fsp3) is 0.231. The molecule has 2 aromatic heterocycles. The van der Waals surface area contributed by atoms with Crippen molar-refractivity contribution in [3.05, 3.63) is 47.7 Å². The van der Waals surface area contributed by atoms with Gasteiger partial charge >= 0.3 is 0 Å². The van der Waals surface area contributed by atoms with Crippen LogP contribution in [0.15, 0.2) is 34.9 Å². The summed E-state index contributed by atoms with van der Waals surface area (Å²) in [6.07, 6.45) is 1.61. The molecule has 1 unspecified atom stereocenters. The number of nitrogens with one attached hydrogen (secondary N) is 1. The van der Waals surface area contributed by atoms with Crippen molar-refractivity contribution >= 4 is 5.69 Å². The highest BCUT2D eigenvalue weighted by molar-refractivity contribution is 5.47. The molecule has 1 atom stereocenters. The van der Waals surface area contributed by atoms with E-state index in [1.165, 1.54) is 0 Å². The molecule has 0 aliphatic carbocycles. The van der Waals surface area contributed by atoms with Gasteiger partial charge in [-0.3, -0.25) is 0 Å². The molecule has 2 aromatic rings. The molecule has 2 heterocycles. The predicted molar refractivity (Wildman–Crippen MR) is 64.4 cm³/mol. The van der Waals surface area contributed by atoms with E-state index >= 15 is 0 Å². The van der Waals surface area contributed by atoms with Crippen LogP contribution in [-0.2, 0) is 0 Å². The third-order valence-corrected chi connectivity index (χ3v) is 2.45. The molecule has 0 aliphatic heterocycles. The van der Waals surface area contributed by atoms with Gasteiger partial charge in [0.15, 0.2) is 0 Å². The van der Waals surface area contributed by atoms with Gasteiger partial charge in [-0.2, -0.15) is 5.26 Å². The molecule has 4 heteroatoms. The standard InChI is InChI=1S/C13H13N3O/c1-9-3-4-13(17-9)10(2)16-11-5-6-15-12(7-11)8-14/h3-7,10H,1-2H3,(H,15,16). The smallest absolute Gasteiger partial charge is 0.142 e. The second-order valence-corrected chi connectivity index (χ2v) is 3.86. The van der Waals surface area contributed by atoms with E-state index in [0.717, 1.165) is 17.2 Å². The first-order valence-electron chi connectivity index (χ1n) is 5.38. The fourth-order valence-electron chi connectivity index (χ4n) is 1.59. The molecule has 0 fully saturated rings. The van der Waals surface area contributed by atoms with Crippen LogP contribution < -0.4 is 5.32 Å². The van der Waals surface area contributed by atoms with Crippen molar-refractivity contribution in [1.29, 1.82) is 5.26 Å². The molecule has 0 spiro atoms. The number of rotatable bonds is 3. The van der Waals surface area contributed by atoms with Crippen molar-refractivity contribution < 1.29 is 4.42 Å². The molecule has 0 bridgehead atoms. The molecule has 0 radical (unpaired) electrons. The quantitative estimate of drug-likeness (QED) is 0.875. The summed E-state index contributed by atoms with van der Waals surface area (Å²) in [5, 5.41) is 12.0. The maximum Gasteiger partial charge on any atom is 0.142 e. The predicted octanol–water partition coefficient (Wildman–Crippen LogP) is 3.03. The lowest BCUT2D eigenvalue weighted by molar-refractivity contribution is 0.467. The van der Waals surface area contributed by atoms with E-state index in [-0.39, 0.29) is 6.04 Å². The maximum absolute atomic E-state index is 8.76. The van der Waals surface area contributed by atoms with Crippen LogP contribution in [0.5, 0.6) is 0 Å². The second kappa shape index (κ2) is 4.71. The van der Waals surface area contributed by atoms with Gasteiger partial charge in [0.05, 0.1) is 6.04 Å². The average molecular weight is 227 g/mol. The Balaban J connectivity index is 2.13. The summed E-state index contributed by atoms with van der Waals surface area (Å²) in [4.78, 5) is 3.92. The molecule has 0 aromatic carbocycles. The fourth-order valence-corrected chi connectivity index (χ4v) is 1.59. The third-order valence-electron chi connectivity index (χ3n) is 2.45. The molecular weight excluding hydrogens is 214 g/mol. The summed E-state index contributed by atoms with van der Waals surface area (Å²) in [5.41, 5.74) is 1.26. The van der Waals surface area contributed by atoms with E-state index < -0.39 is 0 Å². The summed E-state index contributed by atoms with van der Waals surface area (Å²) in [6, 6.07) is 9.48. The molecule has 0 aliphatic rings. The highest BCUT2D eigenvalue weighted by Crippen LogP contribution is 2.20. The van der Waals surface area contributed by atoms with Crippen molar-refractivity contribution in [3.8, 4) is 6.07 Å². The van der Waals surface area contributed by atoms with Crippen molar-refractivity contribution in [2.75, 3.05) is 5.32 Å². The van der Waals surface area contributed by atoms with Crippen LogP contribution in [-0.4, -0.2) is 4.98 Å². The lowest BCUT2D eigenvalue weighted by atomic mass is 10.2. The van der Waals surface area contributed by atoms with Gasteiger partial charge in [0.2, 0.25) is 0 Å². The van der Waals surface area contributed by atoms with E-state index in [2.05, 4.69) is 10.3 Å². The zero-order chi connectivity index (χ0) is 12.3. The van der Waals surface area contributed by atoms with Gasteiger partial charge < -0.3 is 9.73 Å². The van der Waals surface area contributed by atoms with Crippen LogP contribution in [0.2, 0.25) is 0 Å². The molecule has 4 nitrogen and oxygen atoms in total. The monoisotopic (exact) mass is 227 g/mol. The summed E-state index contributed by atoms with van der Waals surface area (Å²) >= 11 is 0. The summed E-state index contributed by atoms with van der Waals surface area (Å²) in [5.74, 6) is 1.76. The highest BCUT2D eigenvalue weighted by atomic mass is 16.3. The first-order valence-corrected chi connectivity index (χ1v) is 5.38. The summed E-state index contributed by atoms with van der Waals surface area (Å²) < 4.78 is 5.53. The van der Waals surface area contributed by atoms with Gasteiger partial charge in [0.25, 0.3) is 0 Å². The molecule has 86 valence electrons. The van der Waals surface area contributed by atoms with Crippen molar-refractivity contribution in [3.63, 3.8) is 0 Å². The zero-order valence-electron chi connectivity index (χ0n) is 9.77. The SMILES string of the molecule is Cc1ccc(C(C)Nc2ccnc(C#N)c2)o1. The van der Waals surface area contributed by atoms with Gasteiger partial charge in [0.1, 0.15) is 23.3 Å². The van der Waals surface area contributed by atoms with Gasteiger partial charge in [-0.05, 0) is 38.1 Å². The summed E-state index contributed by atoms with van der Waals surface area (Å²) in [6.45, 7) is 3.92. The Labute approximate surface area is 99.9 Å². The molecule has 2 rings (SSSR count). The van der Waals surface area contributed by atoms with E-state index in [1.54, 1.807) is 12.3 Å². The maximum atomic E-state index is 8.76. The number of hydrogen-bond acceptors (Lipinski definition) is 4. The van der Waals surface area contributed by atoms with Crippen molar-refractivity contribution in [2.45, 2.75) is 19.9 Å². The first-order chi connectivity index (χ1) is 8.19. The van der Waals surface area contributed by atoms with E-state index in [9.17, 15) is 0 Å². The molecule has 1 N–H and O–H groups in total. The number of nitriles is 1. The van der Waals surface area contributed by atoms with Gasteiger partial charge in [-0.25, -0.2) is 4.98 Å². The zero-order valence-corrected chi connectivity index (χ0v) is 9.77. The molecule has 17 heavy (non-hydrogen) atoms. The molecular formula is C13H13N3O. The number of aromatic nitrogens is 1. The Morgan fingerprint density at radius 1 is 1.41 bits per heavy atom. The van der Waals surface area contributed by atoms with Crippen LogP contribution in [0, 0.1) is 18.3 Å². The average Bonchev–Trinajstić information content (AvgIpc) is 2.76. The minimum absolute atomic E-state index is 0.0534. The van der Waals surface area contributed by atoms with Crippen LogP contribution in [0.1, 0.15) is 30.2 Å². The van der Waals surface area contributed by atoms with Gasteiger partial charge in [0, 0.05) is 11.9 Å². The number of anilines is 1. The van der Waals surface area contributed by atoms with Gasteiger partial charge in [-0.15, -0.1) is 0 Å². The van der Waals surface area contributed by atoms with Crippen LogP contribution in [0.4, 0.5) is 5.69 Å². The molecule has 0 saturated heterocycles. The minimum atomic E-state index is 0.0534. The topological polar surface area (TPSA) is 61.9 Å².